The van der Waals surface area contributed by atoms with Crippen molar-refractivity contribution in [1.29, 1.82) is 0 Å². The van der Waals surface area contributed by atoms with Crippen LogP contribution < -0.4 is 11.3 Å². The minimum absolute atomic E-state index is 0.164. The zero-order valence-electron chi connectivity index (χ0n) is 11.8. The second-order valence-corrected chi connectivity index (χ2v) is 6.52. The summed E-state index contributed by atoms with van der Waals surface area (Å²) in [6.45, 7) is 4.30. The van der Waals surface area contributed by atoms with Gasteiger partial charge in [-0.25, -0.2) is 0 Å². The van der Waals surface area contributed by atoms with Crippen molar-refractivity contribution in [3.05, 3.63) is 46.5 Å². The van der Waals surface area contributed by atoms with E-state index in [4.69, 9.17) is 5.84 Å². The van der Waals surface area contributed by atoms with Gasteiger partial charge in [0.15, 0.2) is 0 Å². The van der Waals surface area contributed by atoms with E-state index in [1.54, 1.807) is 0 Å². The Hall–Kier alpha value is -1.30. The lowest BCUT2D eigenvalue weighted by Gasteiger charge is -2.16. The van der Waals surface area contributed by atoms with Gasteiger partial charge in [0, 0.05) is 0 Å². The molecule has 1 aliphatic rings. The monoisotopic (exact) mass is 288 g/mol. The molecular formula is C15H20N4S. The molecule has 5 heteroatoms. The highest BCUT2D eigenvalue weighted by molar-refractivity contribution is 7.05. The van der Waals surface area contributed by atoms with Crippen LogP contribution in [0.15, 0.2) is 30.3 Å². The number of nitrogens with one attached hydrogen (secondary N) is 1. The Labute approximate surface area is 123 Å². The summed E-state index contributed by atoms with van der Waals surface area (Å²) in [4.78, 5) is 1.20. The third-order valence-electron chi connectivity index (χ3n) is 4.04. The van der Waals surface area contributed by atoms with Gasteiger partial charge in [-0.1, -0.05) is 48.7 Å². The van der Waals surface area contributed by atoms with Crippen LogP contribution in [0.5, 0.6) is 0 Å². The molecule has 1 aromatic heterocycles. The number of hydrazine groups is 1. The molecule has 1 saturated carbocycles. The molecule has 0 saturated heterocycles. The first-order valence-electron chi connectivity index (χ1n) is 7.05. The van der Waals surface area contributed by atoms with E-state index in [0.29, 0.717) is 17.8 Å². The molecule has 1 aliphatic carbocycles. The zero-order chi connectivity index (χ0) is 14.1. The first-order valence-corrected chi connectivity index (χ1v) is 7.83. The van der Waals surface area contributed by atoms with Crippen molar-refractivity contribution in [2.75, 3.05) is 0 Å². The standard InChI is InChI=1S/C15H20N4S/c1-9(2)13-15(20-19-18-13)14(17-16)12-8-11(12)10-6-4-3-5-7-10/h3-7,9,11-12,14,17H,8,16H2,1-2H3. The number of rotatable bonds is 5. The van der Waals surface area contributed by atoms with Crippen LogP contribution in [0.3, 0.4) is 0 Å². The van der Waals surface area contributed by atoms with E-state index in [-0.39, 0.29) is 6.04 Å². The minimum atomic E-state index is 0.164. The molecule has 20 heavy (non-hydrogen) atoms. The molecule has 0 radical (unpaired) electrons. The Bertz CT molecular complexity index is 566. The van der Waals surface area contributed by atoms with E-state index >= 15 is 0 Å². The van der Waals surface area contributed by atoms with Crippen molar-refractivity contribution < 1.29 is 0 Å². The number of aromatic nitrogens is 2. The Kier molecular flexibility index (Phi) is 3.83. The summed E-state index contributed by atoms with van der Waals surface area (Å²) < 4.78 is 4.12. The zero-order valence-corrected chi connectivity index (χ0v) is 12.6. The van der Waals surface area contributed by atoms with Gasteiger partial charge in [0.25, 0.3) is 0 Å². The Morgan fingerprint density at radius 2 is 2.05 bits per heavy atom. The van der Waals surface area contributed by atoms with Gasteiger partial charge in [0.1, 0.15) is 0 Å². The Balaban J connectivity index is 1.81. The number of hydrogen-bond donors (Lipinski definition) is 2. The highest BCUT2D eigenvalue weighted by atomic mass is 32.1. The third kappa shape index (κ3) is 2.49. The fourth-order valence-corrected chi connectivity index (χ4v) is 3.82. The average molecular weight is 288 g/mol. The van der Waals surface area contributed by atoms with E-state index in [1.807, 2.05) is 0 Å². The van der Waals surface area contributed by atoms with Gasteiger partial charge >= 0.3 is 0 Å². The summed E-state index contributed by atoms with van der Waals surface area (Å²) in [6.07, 6.45) is 1.17. The molecule has 3 rings (SSSR count). The summed E-state index contributed by atoms with van der Waals surface area (Å²) in [5.41, 5.74) is 5.48. The maximum Gasteiger partial charge on any atom is 0.0829 e. The number of nitrogens with two attached hydrogens (primary N) is 1. The lowest BCUT2D eigenvalue weighted by molar-refractivity contribution is 0.488. The third-order valence-corrected chi connectivity index (χ3v) is 4.87. The van der Waals surface area contributed by atoms with Gasteiger partial charge in [-0.05, 0) is 41.3 Å². The molecule has 3 unspecified atom stereocenters. The Morgan fingerprint density at radius 1 is 1.30 bits per heavy atom. The summed E-state index contributed by atoms with van der Waals surface area (Å²) in [6, 6.07) is 10.8. The van der Waals surface area contributed by atoms with Crippen LogP contribution in [0, 0.1) is 5.92 Å². The molecule has 3 N–H and O–H groups in total. The first-order chi connectivity index (χ1) is 9.72. The van der Waals surface area contributed by atoms with Crippen LogP contribution >= 0.6 is 11.5 Å². The molecule has 0 amide bonds. The Morgan fingerprint density at radius 3 is 2.70 bits per heavy atom. The van der Waals surface area contributed by atoms with Crippen LogP contribution in [0.2, 0.25) is 0 Å². The topological polar surface area (TPSA) is 63.8 Å². The van der Waals surface area contributed by atoms with E-state index in [2.05, 4.69) is 59.2 Å². The molecule has 1 aromatic carbocycles. The molecule has 1 heterocycles. The molecule has 0 spiro atoms. The van der Waals surface area contributed by atoms with Crippen LogP contribution in [0.4, 0.5) is 0 Å². The quantitative estimate of drug-likeness (QED) is 0.656. The summed E-state index contributed by atoms with van der Waals surface area (Å²) in [5, 5.41) is 4.27. The maximum absolute atomic E-state index is 5.82. The summed E-state index contributed by atoms with van der Waals surface area (Å²) in [5.74, 6) is 7.34. The van der Waals surface area contributed by atoms with Gasteiger partial charge in [-0.15, -0.1) is 5.10 Å². The first kappa shape index (κ1) is 13.7. The van der Waals surface area contributed by atoms with E-state index in [9.17, 15) is 0 Å². The smallest absolute Gasteiger partial charge is 0.0829 e. The average Bonchev–Trinajstić information content (AvgIpc) is 3.08. The molecular weight excluding hydrogens is 268 g/mol. The summed E-state index contributed by atoms with van der Waals surface area (Å²) >= 11 is 1.47. The molecule has 2 aromatic rings. The maximum atomic E-state index is 5.82. The van der Waals surface area contributed by atoms with Gasteiger partial charge in [0.2, 0.25) is 0 Å². The largest absolute Gasteiger partial charge is 0.271 e. The molecule has 106 valence electrons. The second kappa shape index (κ2) is 5.60. The van der Waals surface area contributed by atoms with Gasteiger partial charge < -0.3 is 0 Å². The van der Waals surface area contributed by atoms with E-state index < -0.39 is 0 Å². The fourth-order valence-electron chi connectivity index (χ4n) is 2.88. The van der Waals surface area contributed by atoms with Crippen molar-refractivity contribution >= 4 is 11.5 Å². The number of benzene rings is 1. The molecule has 0 bridgehead atoms. The van der Waals surface area contributed by atoms with Crippen molar-refractivity contribution in [1.82, 2.24) is 15.0 Å². The van der Waals surface area contributed by atoms with Crippen LogP contribution in [-0.4, -0.2) is 9.59 Å². The molecule has 1 fully saturated rings. The van der Waals surface area contributed by atoms with Crippen LogP contribution in [0.1, 0.15) is 54.3 Å². The van der Waals surface area contributed by atoms with Crippen molar-refractivity contribution in [2.45, 2.75) is 38.1 Å². The van der Waals surface area contributed by atoms with Crippen LogP contribution in [-0.2, 0) is 0 Å². The van der Waals surface area contributed by atoms with E-state index in [0.717, 1.165) is 5.69 Å². The van der Waals surface area contributed by atoms with Crippen molar-refractivity contribution in [3.8, 4) is 0 Å². The predicted octanol–water partition coefficient (Wildman–Crippen LogP) is 2.97. The van der Waals surface area contributed by atoms with Crippen LogP contribution in [0.25, 0.3) is 0 Å². The lowest BCUT2D eigenvalue weighted by Crippen LogP contribution is -2.30. The fraction of sp³-hybridized carbons (Fsp3) is 0.467. The number of nitrogens with zero attached hydrogens (tertiary/aromatic N) is 2. The van der Waals surface area contributed by atoms with Crippen molar-refractivity contribution in [3.63, 3.8) is 0 Å². The molecule has 4 nitrogen and oxygen atoms in total. The van der Waals surface area contributed by atoms with Gasteiger partial charge in [-0.3, -0.25) is 11.3 Å². The van der Waals surface area contributed by atoms with E-state index in [1.165, 1.54) is 28.4 Å². The second-order valence-electron chi connectivity index (χ2n) is 5.74. The summed E-state index contributed by atoms with van der Waals surface area (Å²) in [7, 11) is 0. The normalized spacial score (nSPS) is 23.0. The highest BCUT2D eigenvalue weighted by Crippen LogP contribution is 2.54. The van der Waals surface area contributed by atoms with Gasteiger partial charge in [0.05, 0.1) is 16.6 Å². The minimum Gasteiger partial charge on any atom is -0.271 e. The highest BCUT2D eigenvalue weighted by Gasteiger charge is 2.45. The SMILES string of the molecule is CC(C)c1nnsc1C(NN)C1CC1c1ccccc1. The lowest BCUT2D eigenvalue weighted by atomic mass is 10.0. The predicted molar refractivity (Wildman–Crippen MR) is 81.4 cm³/mol. The van der Waals surface area contributed by atoms with Gasteiger partial charge in [-0.2, -0.15) is 0 Å². The molecule has 0 aliphatic heterocycles. The number of hydrogen-bond acceptors (Lipinski definition) is 5. The van der Waals surface area contributed by atoms with Crippen molar-refractivity contribution in [2.24, 2.45) is 11.8 Å². The molecule has 3 atom stereocenters.